The van der Waals surface area contributed by atoms with Gasteiger partial charge in [0.15, 0.2) is 5.76 Å². The molecule has 0 aliphatic carbocycles. The van der Waals surface area contributed by atoms with Crippen LogP contribution >= 0.6 is 0 Å². The largest absolute Gasteiger partial charge is 0.360 e. The van der Waals surface area contributed by atoms with Crippen LogP contribution in [0.5, 0.6) is 0 Å². The van der Waals surface area contributed by atoms with Crippen LogP contribution in [0.3, 0.4) is 0 Å². The molecule has 0 fully saturated rings. The molecule has 3 rings (SSSR count). The van der Waals surface area contributed by atoms with Crippen molar-refractivity contribution in [3.05, 3.63) is 35.5 Å². The summed E-state index contributed by atoms with van der Waals surface area (Å²) in [6, 6.07) is 3.29. The molecule has 8 nitrogen and oxygen atoms in total. The summed E-state index contributed by atoms with van der Waals surface area (Å²) in [5.41, 5.74) is 0.924. The molecular weight excluding hydrogens is 320 g/mol. The smallest absolute Gasteiger partial charge is 0.270 e. The fourth-order valence-electron chi connectivity index (χ4n) is 2.80. The van der Waals surface area contributed by atoms with Gasteiger partial charge < -0.3 is 14.0 Å². The predicted octanol–water partition coefficient (Wildman–Crippen LogP) is 0.526. The molecule has 0 aromatic carbocycles. The molecule has 1 amide bonds. The van der Waals surface area contributed by atoms with Crippen molar-refractivity contribution in [2.45, 2.75) is 31.3 Å². The fourth-order valence-corrected chi connectivity index (χ4v) is 4.20. The number of aryl methyl sites for hydroxylation is 2. The number of carbonyl (C=O) groups excluding carboxylic acids is 1. The SMILES string of the molecule is Cc1noc(C)c1S(=O)(=O)NCC1Cn2cccc2C(=O)N1C. The molecule has 0 bridgehead atoms. The molecule has 9 heteroatoms. The van der Waals surface area contributed by atoms with Gasteiger partial charge in [-0.1, -0.05) is 5.16 Å². The summed E-state index contributed by atoms with van der Waals surface area (Å²) in [6.07, 6.45) is 1.82. The molecule has 0 spiro atoms. The van der Waals surface area contributed by atoms with Gasteiger partial charge in [-0.2, -0.15) is 0 Å². The van der Waals surface area contributed by atoms with Gasteiger partial charge in [-0.15, -0.1) is 0 Å². The van der Waals surface area contributed by atoms with Gasteiger partial charge in [-0.3, -0.25) is 4.79 Å². The molecule has 1 atom stereocenters. The van der Waals surface area contributed by atoms with E-state index in [1.54, 1.807) is 37.9 Å². The van der Waals surface area contributed by atoms with Crippen molar-refractivity contribution in [1.29, 1.82) is 0 Å². The number of aromatic nitrogens is 2. The van der Waals surface area contributed by atoms with E-state index in [0.717, 1.165) is 0 Å². The number of likely N-dealkylation sites (N-methyl/N-ethyl adjacent to an activating group) is 1. The number of hydrogen-bond donors (Lipinski definition) is 1. The van der Waals surface area contributed by atoms with Gasteiger partial charge in [0.1, 0.15) is 16.3 Å². The molecule has 0 saturated heterocycles. The Kier molecular flexibility index (Phi) is 3.77. The summed E-state index contributed by atoms with van der Waals surface area (Å²) < 4.78 is 34.2. The van der Waals surface area contributed by atoms with Crippen LogP contribution in [0.1, 0.15) is 21.9 Å². The van der Waals surface area contributed by atoms with Crippen molar-refractivity contribution in [2.75, 3.05) is 13.6 Å². The zero-order valence-corrected chi connectivity index (χ0v) is 13.9. The summed E-state index contributed by atoms with van der Waals surface area (Å²) in [4.78, 5) is 13.9. The third kappa shape index (κ3) is 2.66. The highest BCUT2D eigenvalue weighted by Crippen LogP contribution is 2.20. The summed E-state index contributed by atoms with van der Waals surface area (Å²) >= 11 is 0. The number of fused-ring (bicyclic) bond motifs is 1. The minimum absolute atomic E-state index is 0.0592. The number of amides is 1. The van der Waals surface area contributed by atoms with Crippen molar-refractivity contribution >= 4 is 15.9 Å². The Morgan fingerprint density at radius 2 is 2.17 bits per heavy atom. The van der Waals surface area contributed by atoms with Gasteiger partial charge in [0.05, 0.1) is 6.04 Å². The number of nitrogens with one attached hydrogen (secondary N) is 1. The van der Waals surface area contributed by atoms with Crippen LogP contribution in [0, 0.1) is 13.8 Å². The number of nitrogens with zero attached hydrogens (tertiary/aromatic N) is 3. The lowest BCUT2D eigenvalue weighted by Crippen LogP contribution is -2.50. The second-order valence-electron chi connectivity index (χ2n) is 5.62. The summed E-state index contributed by atoms with van der Waals surface area (Å²) in [7, 11) is -2.06. The van der Waals surface area contributed by atoms with E-state index in [0.29, 0.717) is 17.9 Å². The zero-order valence-electron chi connectivity index (χ0n) is 13.1. The third-order valence-corrected chi connectivity index (χ3v) is 5.74. The van der Waals surface area contributed by atoms with Crippen molar-refractivity contribution in [1.82, 2.24) is 19.3 Å². The molecule has 23 heavy (non-hydrogen) atoms. The van der Waals surface area contributed by atoms with E-state index in [1.165, 1.54) is 0 Å². The van der Waals surface area contributed by atoms with Gasteiger partial charge >= 0.3 is 0 Å². The normalized spacial score (nSPS) is 18.3. The maximum atomic E-state index is 12.4. The Balaban J connectivity index is 1.78. The second-order valence-corrected chi connectivity index (χ2v) is 7.32. The Hall–Kier alpha value is -2.13. The number of carbonyl (C=O) groups is 1. The van der Waals surface area contributed by atoms with E-state index in [1.807, 2.05) is 10.8 Å². The summed E-state index contributed by atoms with van der Waals surface area (Å²) in [5, 5.41) is 3.66. The lowest BCUT2D eigenvalue weighted by molar-refractivity contribution is 0.0661. The molecule has 1 N–H and O–H groups in total. The number of hydrogen-bond acceptors (Lipinski definition) is 5. The maximum absolute atomic E-state index is 12.4. The molecule has 1 aliphatic rings. The molecule has 0 radical (unpaired) electrons. The highest BCUT2D eigenvalue weighted by molar-refractivity contribution is 7.89. The van der Waals surface area contributed by atoms with Gasteiger partial charge in [0.2, 0.25) is 10.0 Å². The van der Waals surface area contributed by atoms with Gasteiger partial charge in [-0.05, 0) is 26.0 Å². The van der Waals surface area contributed by atoms with Crippen molar-refractivity contribution in [3.8, 4) is 0 Å². The van der Waals surface area contributed by atoms with Crippen molar-refractivity contribution < 1.29 is 17.7 Å². The summed E-state index contributed by atoms with van der Waals surface area (Å²) in [6.45, 7) is 3.78. The van der Waals surface area contributed by atoms with E-state index in [-0.39, 0.29) is 29.1 Å². The first-order chi connectivity index (χ1) is 10.8. The van der Waals surface area contributed by atoms with Crippen LogP contribution in [0.25, 0.3) is 0 Å². The average molecular weight is 338 g/mol. The van der Waals surface area contributed by atoms with Gasteiger partial charge in [0, 0.05) is 26.3 Å². The lowest BCUT2D eigenvalue weighted by Gasteiger charge is -2.33. The highest BCUT2D eigenvalue weighted by atomic mass is 32.2. The fraction of sp³-hybridized carbons (Fsp3) is 0.429. The Morgan fingerprint density at radius 3 is 2.83 bits per heavy atom. The predicted molar refractivity (Wildman–Crippen MR) is 81.5 cm³/mol. The van der Waals surface area contributed by atoms with E-state index in [4.69, 9.17) is 4.52 Å². The quantitative estimate of drug-likeness (QED) is 0.877. The highest BCUT2D eigenvalue weighted by Gasteiger charge is 2.31. The Bertz CT molecular complexity index is 833. The first kappa shape index (κ1) is 15.8. The Labute approximate surface area is 134 Å². The van der Waals surface area contributed by atoms with Crippen molar-refractivity contribution in [2.24, 2.45) is 0 Å². The lowest BCUT2D eigenvalue weighted by atomic mass is 10.2. The average Bonchev–Trinajstić information content (AvgIpc) is 3.08. The molecule has 2 aromatic heterocycles. The Morgan fingerprint density at radius 1 is 1.43 bits per heavy atom. The topological polar surface area (TPSA) is 97.4 Å². The van der Waals surface area contributed by atoms with E-state index in [9.17, 15) is 13.2 Å². The minimum atomic E-state index is -3.74. The third-order valence-electron chi connectivity index (χ3n) is 4.07. The van der Waals surface area contributed by atoms with E-state index in [2.05, 4.69) is 9.88 Å². The second kappa shape index (κ2) is 5.50. The molecule has 3 heterocycles. The van der Waals surface area contributed by atoms with E-state index >= 15 is 0 Å². The van der Waals surface area contributed by atoms with Crippen LogP contribution in [0.15, 0.2) is 27.7 Å². The standard InChI is InChI=1S/C14H18N4O4S/c1-9-13(10(2)22-16-9)23(20,21)15-7-11-8-18-6-4-5-12(18)14(19)17(11)3/h4-6,11,15H,7-8H2,1-3H3. The molecule has 1 aliphatic heterocycles. The van der Waals surface area contributed by atoms with Crippen LogP contribution in [-0.4, -0.2) is 48.6 Å². The zero-order chi connectivity index (χ0) is 16.8. The maximum Gasteiger partial charge on any atom is 0.270 e. The van der Waals surface area contributed by atoms with Crippen LogP contribution < -0.4 is 4.72 Å². The molecule has 2 aromatic rings. The molecular formula is C14H18N4O4S. The monoisotopic (exact) mass is 338 g/mol. The molecule has 1 unspecified atom stereocenters. The van der Waals surface area contributed by atoms with Crippen LogP contribution in [0.2, 0.25) is 0 Å². The molecule has 124 valence electrons. The van der Waals surface area contributed by atoms with Crippen LogP contribution in [-0.2, 0) is 16.6 Å². The number of rotatable bonds is 4. The summed E-state index contributed by atoms with van der Waals surface area (Å²) in [5.74, 6) is 0.124. The van der Waals surface area contributed by atoms with Gasteiger partial charge in [-0.25, -0.2) is 13.1 Å². The van der Waals surface area contributed by atoms with Crippen LogP contribution in [0.4, 0.5) is 0 Å². The molecule has 0 saturated carbocycles. The first-order valence-electron chi connectivity index (χ1n) is 7.16. The number of sulfonamides is 1. The first-order valence-corrected chi connectivity index (χ1v) is 8.64. The van der Waals surface area contributed by atoms with Gasteiger partial charge in [0.25, 0.3) is 5.91 Å². The minimum Gasteiger partial charge on any atom is -0.360 e. The van der Waals surface area contributed by atoms with E-state index < -0.39 is 10.0 Å². The van der Waals surface area contributed by atoms with Crippen molar-refractivity contribution in [3.63, 3.8) is 0 Å².